The molecule has 9 rings (SSSR count). The number of hydrogen-bond donors (Lipinski definition) is 0. The first-order chi connectivity index (χ1) is 28.2. The third-order valence-corrected chi connectivity index (χ3v) is 34.7. The van der Waals surface area contributed by atoms with Crippen molar-refractivity contribution in [3.8, 4) is 0 Å². The van der Waals surface area contributed by atoms with E-state index in [2.05, 4.69) is 137 Å². The molecule has 300 valence electrons. The molecule has 0 N–H and O–H groups in total. The highest BCUT2D eigenvalue weighted by molar-refractivity contribution is 8.55. The molecule has 0 bridgehead atoms. The standard InChI is InChI=1S/C51H65ClN3P2/c52-56(41-42-25-9-1-10-26-42,57(46-33-17-5-18-34-46,47-35-19-6-20-36-47)48-37-21-7-22-38-48)51(39-23-8-24-40-51)50-54(44-29-13-3-14-30-44)49(43-27-11-2-12-28-43)53-55(50)45-31-15-4-16-32-45/h1-4,9-16,25-32,41,46-48,50H,5-8,17-24,33-40H2/q+1. The van der Waals surface area contributed by atoms with Gasteiger partial charge in [0.05, 0.1) is 34.8 Å². The van der Waals surface area contributed by atoms with Crippen LogP contribution in [-0.4, -0.2) is 39.9 Å². The van der Waals surface area contributed by atoms with E-state index < -0.39 is 12.9 Å². The second-order valence-electron chi connectivity index (χ2n) is 18.0. The first kappa shape index (κ1) is 39.6. The maximum Gasteiger partial charge on any atom is 0.162 e. The highest BCUT2D eigenvalue weighted by atomic mass is 35.7. The minimum atomic E-state index is -2.53. The molecular weight excluding hydrogens is 752 g/mol. The smallest absolute Gasteiger partial charge is 0.162 e. The van der Waals surface area contributed by atoms with Gasteiger partial charge in [0.1, 0.15) is 12.1 Å². The number of nitrogens with zero attached hydrogens (tertiary/aromatic N) is 3. The lowest BCUT2D eigenvalue weighted by atomic mass is 9.84. The van der Waals surface area contributed by atoms with E-state index in [-0.39, 0.29) is 11.3 Å². The second-order valence-corrected chi connectivity index (χ2v) is 30.4. The van der Waals surface area contributed by atoms with Gasteiger partial charge in [0.15, 0.2) is 5.84 Å². The van der Waals surface area contributed by atoms with Gasteiger partial charge in [0, 0.05) is 11.3 Å². The summed E-state index contributed by atoms with van der Waals surface area (Å²) in [5, 5.41) is 8.20. The first-order valence-electron chi connectivity index (χ1n) is 22.9. The largest absolute Gasteiger partial charge is 0.300 e. The van der Waals surface area contributed by atoms with Gasteiger partial charge < -0.3 is 4.90 Å². The van der Waals surface area contributed by atoms with Crippen molar-refractivity contribution < 1.29 is 0 Å². The van der Waals surface area contributed by atoms with E-state index in [1.54, 1.807) is 0 Å². The van der Waals surface area contributed by atoms with Crippen LogP contribution < -0.4 is 9.91 Å². The summed E-state index contributed by atoms with van der Waals surface area (Å²) in [6.07, 6.45) is 26.9. The van der Waals surface area contributed by atoms with Crippen molar-refractivity contribution >= 4 is 47.1 Å². The molecule has 0 aromatic heterocycles. The molecule has 6 heteroatoms. The van der Waals surface area contributed by atoms with Crippen LogP contribution in [0.3, 0.4) is 0 Å². The molecular formula is C51H65ClN3P2+. The minimum absolute atomic E-state index is 0.0428. The number of hydrogen-bond acceptors (Lipinski definition) is 3. The van der Waals surface area contributed by atoms with Gasteiger partial charge in [-0.3, -0.25) is 0 Å². The van der Waals surface area contributed by atoms with Crippen molar-refractivity contribution in [3.63, 3.8) is 0 Å². The Morgan fingerprint density at radius 2 is 0.947 bits per heavy atom. The normalized spacial score (nSPS) is 23.8. The summed E-state index contributed by atoms with van der Waals surface area (Å²) in [6.45, 7) is -1.91. The highest BCUT2D eigenvalue weighted by Gasteiger charge is 2.73. The third kappa shape index (κ3) is 7.29. The molecule has 0 amide bonds. The molecule has 4 fully saturated rings. The van der Waals surface area contributed by atoms with Crippen LogP contribution in [0.4, 0.5) is 11.4 Å². The number of hydrazone groups is 1. The van der Waals surface area contributed by atoms with Gasteiger partial charge in [-0.15, -0.1) is 0 Å². The Morgan fingerprint density at radius 1 is 0.526 bits per heavy atom. The summed E-state index contributed by atoms with van der Waals surface area (Å²) >= 11 is 9.81. The lowest BCUT2D eigenvalue weighted by molar-refractivity contribution is 0.339. The van der Waals surface area contributed by atoms with E-state index in [4.69, 9.17) is 5.10 Å². The lowest BCUT2D eigenvalue weighted by Crippen LogP contribution is -2.59. The van der Waals surface area contributed by atoms with Crippen molar-refractivity contribution in [3.05, 3.63) is 132 Å². The minimum Gasteiger partial charge on any atom is -0.300 e. The van der Waals surface area contributed by atoms with Gasteiger partial charge in [0.2, 0.25) is 0 Å². The summed E-state index contributed by atoms with van der Waals surface area (Å²) in [7, 11) is 0. The van der Waals surface area contributed by atoms with Gasteiger partial charge in [-0.1, -0.05) is 147 Å². The monoisotopic (exact) mass is 816 g/mol. The number of amidine groups is 1. The SMILES string of the molecule is ClP(=Cc1ccccc1)(C1(C2N(c3ccccc3)N=C(c3ccccc3)N2c2ccccc2)CCCCC1)[P+](C1CCCCC1)(C1CCCCC1)C1CCCCC1. The number of anilines is 2. The average molecular weight is 818 g/mol. The molecule has 0 radical (unpaired) electrons. The first-order valence-corrected chi connectivity index (χ1v) is 28.3. The van der Waals surface area contributed by atoms with Gasteiger partial charge in [-0.05, 0) is 126 Å². The van der Waals surface area contributed by atoms with Crippen molar-refractivity contribution in [1.29, 1.82) is 0 Å². The molecule has 2 atom stereocenters. The summed E-state index contributed by atoms with van der Waals surface area (Å²) < 4.78 is 0. The molecule has 0 saturated heterocycles. The fourth-order valence-electron chi connectivity index (χ4n) is 12.6. The number of rotatable bonds is 10. The zero-order chi connectivity index (χ0) is 38.5. The number of benzene rings is 4. The Morgan fingerprint density at radius 3 is 1.44 bits per heavy atom. The molecule has 1 heterocycles. The molecule has 5 aliphatic rings. The van der Waals surface area contributed by atoms with Crippen LogP contribution in [0.25, 0.3) is 0 Å². The maximum atomic E-state index is 9.81. The van der Waals surface area contributed by atoms with Crippen LogP contribution in [0.5, 0.6) is 0 Å². The van der Waals surface area contributed by atoms with Crippen LogP contribution in [0.2, 0.25) is 0 Å². The van der Waals surface area contributed by atoms with E-state index in [9.17, 15) is 11.2 Å². The van der Waals surface area contributed by atoms with Gasteiger partial charge >= 0.3 is 0 Å². The van der Waals surface area contributed by atoms with E-state index in [1.807, 2.05) is 0 Å². The zero-order valence-electron chi connectivity index (χ0n) is 34.2. The Balaban J connectivity index is 1.39. The molecule has 2 unspecified atom stereocenters. The molecule has 0 spiro atoms. The fourth-order valence-corrected chi connectivity index (χ4v) is 37.4. The molecule has 1 aliphatic heterocycles. The molecule has 4 aromatic carbocycles. The summed E-state index contributed by atoms with van der Waals surface area (Å²) in [5.74, 6) is 1.42. The zero-order valence-corrected chi connectivity index (χ0v) is 36.7. The van der Waals surface area contributed by atoms with Crippen LogP contribution in [0.1, 0.15) is 140 Å². The fraction of sp³-hybridized carbons (Fsp3) is 0.490. The Labute approximate surface area is 349 Å². The van der Waals surface area contributed by atoms with Crippen LogP contribution >= 0.6 is 24.1 Å². The predicted octanol–water partition coefficient (Wildman–Crippen LogP) is 15.4. The van der Waals surface area contributed by atoms with Gasteiger partial charge in [-0.25, -0.2) is 5.01 Å². The topological polar surface area (TPSA) is 18.8 Å². The Hall–Kier alpha value is -2.83. The van der Waals surface area contributed by atoms with Crippen molar-refractivity contribution in [1.82, 2.24) is 0 Å². The van der Waals surface area contributed by atoms with Crippen LogP contribution in [0, 0.1) is 0 Å². The molecule has 3 nitrogen and oxygen atoms in total. The molecule has 4 aliphatic carbocycles. The molecule has 4 aromatic rings. The van der Waals surface area contributed by atoms with E-state index in [1.165, 1.54) is 138 Å². The average Bonchev–Trinajstić information content (AvgIpc) is 3.71. The van der Waals surface area contributed by atoms with E-state index >= 15 is 0 Å². The summed E-state index contributed by atoms with van der Waals surface area (Å²) in [6, 6.07) is 45.2. The van der Waals surface area contributed by atoms with Gasteiger partial charge in [-0.2, -0.15) is 5.10 Å². The number of para-hydroxylation sites is 2. The number of halogens is 1. The molecule has 4 saturated carbocycles. The lowest BCUT2D eigenvalue weighted by Gasteiger charge is -2.61. The summed E-state index contributed by atoms with van der Waals surface area (Å²) in [5.41, 5.74) is 7.27. The van der Waals surface area contributed by atoms with E-state index in [0.717, 1.165) is 35.7 Å². The van der Waals surface area contributed by atoms with Gasteiger partial charge in [0.25, 0.3) is 0 Å². The van der Waals surface area contributed by atoms with Crippen molar-refractivity contribution in [2.24, 2.45) is 5.10 Å². The van der Waals surface area contributed by atoms with Crippen LogP contribution in [0.15, 0.2) is 126 Å². The maximum absolute atomic E-state index is 9.81. The quantitative estimate of drug-likeness (QED) is 0.149. The third-order valence-electron chi connectivity index (χ3n) is 14.9. The van der Waals surface area contributed by atoms with E-state index in [0.29, 0.717) is 0 Å². The van der Waals surface area contributed by atoms with Crippen molar-refractivity contribution in [2.45, 2.75) is 157 Å². The summed E-state index contributed by atoms with van der Waals surface area (Å²) in [4.78, 5) is 2.71. The highest BCUT2D eigenvalue weighted by Crippen LogP contribution is 3.05. The van der Waals surface area contributed by atoms with Crippen LogP contribution in [-0.2, 0) is 0 Å². The predicted molar refractivity (Wildman–Crippen MR) is 252 cm³/mol. The van der Waals surface area contributed by atoms with Crippen molar-refractivity contribution in [2.75, 3.05) is 9.91 Å². The molecule has 57 heavy (non-hydrogen) atoms. The second kappa shape index (κ2) is 17.8. The Bertz CT molecular complexity index is 1920. The Kier molecular flexibility index (Phi) is 12.4.